The molecule has 2 aromatic carbocycles. The second-order valence-electron chi connectivity index (χ2n) is 6.27. The lowest BCUT2D eigenvalue weighted by Crippen LogP contribution is -2.32. The Balaban J connectivity index is 1.62. The maximum absolute atomic E-state index is 12.5. The number of benzene rings is 2. The molecule has 2 aromatic rings. The van der Waals surface area contributed by atoms with Crippen LogP contribution in [0.2, 0.25) is 0 Å². The largest absolute Gasteiger partial charge is 0.497 e. The zero-order chi connectivity index (χ0) is 17.8. The summed E-state index contributed by atoms with van der Waals surface area (Å²) in [6, 6.07) is 14.9. The van der Waals surface area contributed by atoms with E-state index in [9.17, 15) is 9.59 Å². The maximum atomic E-state index is 12.5. The van der Waals surface area contributed by atoms with E-state index in [1.54, 1.807) is 31.4 Å². The third kappa shape index (κ3) is 3.99. The van der Waals surface area contributed by atoms with Crippen LogP contribution >= 0.6 is 0 Å². The smallest absolute Gasteiger partial charge is 0.321 e. The molecule has 3 rings (SSSR count). The molecule has 130 valence electrons. The summed E-state index contributed by atoms with van der Waals surface area (Å²) in [5, 5.41) is 2.88. The van der Waals surface area contributed by atoms with Crippen molar-refractivity contribution in [1.29, 1.82) is 0 Å². The Bertz CT molecular complexity index is 771. The van der Waals surface area contributed by atoms with Crippen molar-refractivity contribution in [2.75, 3.05) is 25.5 Å². The average Bonchev–Trinajstić information content (AvgIpc) is 3.12. The first-order valence-corrected chi connectivity index (χ1v) is 8.37. The van der Waals surface area contributed by atoms with Crippen LogP contribution in [0.3, 0.4) is 0 Å². The topological polar surface area (TPSA) is 58.6 Å². The van der Waals surface area contributed by atoms with Gasteiger partial charge >= 0.3 is 6.03 Å². The molecule has 1 N–H and O–H groups in total. The summed E-state index contributed by atoms with van der Waals surface area (Å²) >= 11 is 0. The Morgan fingerprint density at radius 2 is 1.92 bits per heavy atom. The minimum Gasteiger partial charge on any atom is -0.497 e. The van der Waals surface area contributed by atoms with Crippen LogP contribution < -0.4 is 10.1 Å². The Morgan fingerprint density at radius 3 is 2.60 bits per heavy atom. The fraction of sp³-hybridized carbons (Fsp3) is 0.300. The molecule has 2 amide bonds. The normalized spacial score (nSPS) is 16.6. The molecule has 1 fully saturated rings. The fourth-order valence-electron chi connectivity index (χ4n) is 3.11. The van der Waals surface area contributed by atoms with E-state index in [4.69, 9.17) is 4.74 Å². The van der Waals surface area contributed by atoms with E-state index in [2.05, 4.69) is 17.4 Å². The molecule has 0 spiro atoms. The van der Waals surface area contributed by atoms with Gasteiger partial charge < -0.3 is 15.0 Å². The Kier molecular flexibility index (Phi) is 5.03. The van der Waals surface area contributed by atoms with Gasteiger partial charge in [0.1, 0.15) is 5.75 Å². The summed E-state index contributed by atoms with van der Waals surface area (Å²) in [5.74, 6) is 1.15. The van der Waals surface area contributed by atoms with Crippen LogP contribution in [0, 0.1) is 0 Å². The SMILES string of the molecule is COc1ccc([C@H]2CCN(C(=O)Nc3cccc(C(C)=O)c3)C2)cc1. The van der Waals surface area contributed by atoms with Crippen molar-refractivity contribution < 1.29 is 14.3 Å². The van der Waals surface area contributed by atoms with E-state index >= 15 is 0 Å². The van der Waals surface area contributed by atoms with Crippen LogP contribution in [0.1, 0.15) is 35.2 Å². The molecule has 1 saturated heterocycles. The molecule has 0 saturated carbocycles. The minimum atomic E-state index is -0.128. The number of rotatable bonds is 4. The number of Topliss-reactive ketones (excluding diaryl/α,β-unsaturated/α-hetero) is 1. The van der Waals surface area contributed by atoms with E-state index in [1.807, 2.05) is 17.0 Å². The van der Waals surface area contributed by atoms with Crippen molar-refractivity contribution in [2.45, 2.75) is 19.3 Å². The maximum Gasteiger partial charge on any atom is 0.321 e. The van der Waals surface area contributed by atoms with Crippen molar-refractivity contribution in [3.05, 3.63) is 59.7 Å². The first kappa shape index (κ1) is 17.0. The molecule has 1 aliphatic heterocycles. The third-order valence-corrected chi connectivity index (χ3v) is 4.58. The monoisotopic (exact) mass is 338 g/mol. The Labute approximate surface area is 147 Å². The number of carbonyl (C=O) groups is 2. The van der Waals surface area contributed by atoms with Gasteiger partial charge in [-0.2, -0.15) is 0 Å². The molecule has 0 unspecified atom stereocenters. The first-order chi connectivity index (χ1) is 12.1. The summed E-state index contributed by atoms with van der Waals surface area (Å²) in [4.78, 5) is 25.8. The number of ether oxygens (including phenoxy) is 1. The first-order valence-electron chi connectivity index (χ1n) is 8.37. The lowest BCUT2D eigenvalue weighted by atomic mass is 9.98. The number of likely N-dealkylation sites (tertiary alicyclic amines) is 1. The zero-order valence-corrected chi connectivity index (χ0v) is 14.5. The second-order valence-corrected chi connectivity index (χ2v) is 6.27. The van der Waals surface area contributed by atoms with Gasteiger partial charge in [0.2, 0.25) is 0 Å². The van der Waals surface area contributed by atoms with Crippen LogP contribution in [-0.2, 0) is 0 Å². The van der Waals surface area contributed by atoms with Crippen LogP contribution in [0.25, 0.3) is 0 Å². The van der Waals surface area contributed by atoms with Crippen molar-refractivity contribution in [1.82, 2.24) is 4.90 Å². The molecule has 1 atom stereocenters. The standard InChI is InChI=1S/C20H22N2O3/c1-14(23)16-4-3-5-18(12-16)21-20(24)22-11-10-17(13-22)15-6-8-19(25-2)9-7-15/h3-9,12,17H,10-11,13H2,1-2H3,(H,21,24)/t17-/m0/s1. The van der Waals surface area contributed by atoms with Gasteiger partial charge in [0.15, 0.2) is 5.78 Å². The Morgan fingerprint density at radius 1 is 1.16 bits per heavy atom. The number of amides is 2. The molecular weight excluding hydrogens is 316 g/mol. The lowest BCUT2D eigenvalue weighted by molar-refractivity contribution is 0.101. The number of hydrogen-bond donors (Lipinski definition) is 1. The fourth-order valence-corrected chi connectivity index (χ4v) is 3.11. The molecule has 5 nitrogen and oxygen atoms in total. The highest BCUT2D eigenvalue weighted by molar-refractivity contribution is 5.96. The molecule has 1 heterocycles. The molecule has 0 aromatic heterocycles. The quantitative estimate of drug-likeness (QED) is 0.860. The van der Waals surface area contributed by atoms with Crippen molar-refractivity contribution in [2.24, 2.45) is 0 Å². The van der Waals surface area contributed by atoms with E-state index in [-0.39, 0.29) is 11.8 Å². The molecule has 25 heavy (non-hydrogen) atoms. The van der Waals surface area contributed by atoms with Crippen molar-refractivity contribution in [3.63, 3.8) is 0 Å². The number of nitrogens with one attached hydrogen (secondary N) is 1. The molecule has 0 radical (unpaired) electrons. The zero-order valence-electron chi connectivity index (χ0n) is 14.5. The lowest BCUT2D eigenvalue weighted by Gasteiger charge is -2.18. The summed E-state index contributed by atoms with van der Waals surface area (Å²) in [6.45, 7) is 2.92. The highest BCUT2D eigenvalue weighted by Crippen LogP contribution is 2.28. The van der Waals surface area contributed by atoms with Gasteiger partial charge in [0.25, 0.3) is 0 Å². The molecular formula is C20H22N2O3. The molecule has 5 heteroatoms. The number of methoxy groups -OCH3 is 1. The van der Waals surface area contributed by atoms with Crippen molar-refractivity contribution >= 4 is 17.5 Å². The van der Waals surface area contributed by atoms with Crippen LogP contribution in [0.15, 0.2) is 48.5 Å². The van der Waals surface area contributed by atoms with Gasteiger partial charge in [-0.1, -0.05) is 24.3 Å². The average molecular weight is 338 g/mol. The van der Waals surface area contributed by atoms with Gasteiger partial charge in [-0.25, -0.2) is 4.79 Å². The van der Waals surface area contributed by atoms with Gasteiger partial charge in [0.05, 0.1) is 7.11 Å². The third-order valence-electron chi connectivity index (χ3n) is 4.58. The van der Waals surface area contributed by atoms with E-state index in [0.29, 0.717) is 23.7 Å². The Hall–Kier alpha value is -2.82. The van der Waals surface area contributed by atoms with Gasteiger partial charge in [0, 0.05) is 30.3 Å². The second kappa shape index (κ2) is 7.38. The van der Waals surface area contributed by atoms with Crippen LogP contribution in [0.4, 0.5) is 10.5 Å². The predicted molar refractivity (Wildman–Crippen MR) is 97.4 cm³/mol. The highest BCUT2D eigenvalue weighted by atomic mass is 16.5. The predicted octanol–water partition coefficient (Wildman–Crippen LogP) is 3.92. The summed E-state index contributed by atoms with van der Waals surface area (Å²) < 4.78 is 5.19. The number of nitrogens with zero attached hydrogens (tertiary/aromatic N) is 1. The number of urea groups is 1. The molecule has 0 bridgehead atoms. The highest BCUT2D eigenvalue weighted by Gasteiger charge is 2.27. The van der Waals surface area contributed by atoms with E-state index in [1.165, 1.54) is 12.5 Å². The minimum absolute atomic E-state index is 0.0168. The van der Waals surface area contributed by atoms with E-state index < -0.39 is 0 Å². The number of ketones is 1. The number of anilines is 1. The number of carbonyl (C=O) groups excluding carboxylic acids is 2. The van der Waals surface area contributed by atoms with Gasteiger partial charge in [-0.05, 0) is 43.2 Å². The summed E-state index contributed by atoms with van der Waals surface area (Å²) in [5.41, 5.74) is 2.45. The molecule has 0 aliphatic carbocycles. The van der Waals surface area contributed by atoms with Crippen LogP contribution in [0.5, 0.6) is 5.75 Å². The van der Waals surface area contributed by atoms with Crippen LogP contribution in [-0.4, -0.2) is 36.9 Å². The molecule has 1 aliphatic rings. The number of hydrogen-bond acceptors (Lipinski definition) is 3. The van der Waals surface area contributed by atoms with Gasteiger partial charge in [-0.15, -0.1) is 0 Å². The summed E-state index contributed by atoms with van der Waals surface area (Å²) in [6.07, 6.45) is 0.938. The summed E-state index contributed by atoms with van der Waals surface area (Å²) in [7, 11) is 1.65. The van der Waals surface area contributed by atoms with Crippen molar-refractivity contribution in [3.8, 4) is 5.75 Å². The van der Waals surface area contributed by atoms with E-state index in [0.717, 1.165) is 18.7 Å². The van der Waals surface area contributed by atoms with Gasteiger partial charge in [-0.3, -0.25) is 4.79 Å².